The summed E-state index contributed by atoms with van der Waals surface area (Å²) >= 11 is 1.82. The number of rotatable bonds is 4. The van der Waals surface area contributed by atoms with Crippen LogP contribution in [0.4, 0.5) is 25.2 Å². The SMILES string of the molecule is CC(=[OH+])Oc1ccc(SCc2ccccc2C)c(C)c1.F[P-](F)(F)(F)(F)F. The number of halogens is 6. The summed E-state index contributed by atoms with van der Waals surface area (Å²) in [7, 11) is -10.7. The minimum atomic E-state index is -10.7. The van der Waals surface area contributed by atoms with E-state index in [9.17, 15) is 25.2 Å². The summed E-state index contributed by atoms with van der Waals surface area (Å²) in [5, 5.41) is 0. The molecule has 2 aromatic carbocycles. The molecule has 0 unspecified atom stereocenters. The first-order valence-corrected chi connectivity index (χ1v) is 10.6. The number of hydrogen-bond donors (Lipinski definition) is 0. The normalized spacial score (nSPS) is 13.7. The minimum absolute atomic E-state index is 0.0373. The Morgan fingerprint density at radius 2 is 1.52 bits per heavy atom. The molecular weight excluding hydrogens is 413 g/mol. The van der Waals surface area contributed by atoms with Crippen molar-refractivity contribution in [3.05, 3.63) is 59.2 Å². The fraction of sp³-hybridized carbons (Fsp3) is 0.235. The molecule has 0 aliphatic rings. The first-order chi connectivity index (χ1) is 12.0. The van der Waals surface area contributed by atoms with Crippen LogP contribution in [0, 0.1) is 13.8 Å². The van der Waals surface area contributed by atoms with Crippen LogP contribution in [0.2, 0.25) is 0 Å². The van der Waals surface area contributed by atoms with E-state index in [-0.39, 0.29) is 5.97 Å². The molecule has 0 spiro atoms. The molecule has 0 heterocycles. The summed E-state index contributed by atoms with van der Waals surface area (Å²) in [4.78, 5) is 10.4. The van der Waals surface area contributed by atoms with E-state index in [1.54, 1.807) is 0 Å². The van der Waals surface area contributed by atoms with Gasteiger partial charge in [-0.3, -0.25) is 4.74 Å². The third kappa shape index (κ3) is 12.3. The van der Waals surface area contributed by atoms with Gasteiger partial charge in [-0.1, -0.05) is 24.3 Å². The van der Waals surface area contributed by atoms with E-state index in [0.29, 0.717) is 5.75 Å². The molecule has 2 aromatic rings. The average Bonchev–Trinajstić information content (AvgIpc) is 2.44. The fourth-order valence-electron chi connectivity index (χ4n) is 1.95. The predicted octanol–water partition coefficient (Wildman–Crippen LogP) is 7.88. The molecule has 10 heteroatoms. The molecule has 0 atom stereocenters. The molecule has 0 fully saturated rings. The van der Waals surface area contributed by atoms with Crippen LogP contribution in [0.1, 0.15) is 23.6 Å². The van der Waals surface area contributed by atoms with Crippen LogP contribution in [-0.2, 0) is 5.75 Å². The quantitative estimate of drug-likeness (QED) is 0.123. The molecule has 152 valence electrons. The molecule has 0 aromatic heterocycles. The Bertz CT molecular complexity index is 810. The number of hydrogen-bond acceptors (Lipinski definition) is 2. The van der Waals surface area contributed by atoms with Crippen molar-refractivity contribution < 1.29 is 34.7 Å². The Balaban J connectivity index is 0.000000445. The third-order valence-electron chi connectivity index (χ3n) is 3.06. The molecule has 0 saturated carbocycles. The van der Waals surface area contributed by atoms with Gasteiger partial charge in [-0.15, -0.1) is 11.8 Å². The molecule has 1 N–H and O–H groups in total. The van der Waals surface area contributed by atoms with Crippen LogP contribution in [0.3, 0.4) is 0 Å². The van der Waals surface area contributed by atoms with Gasteiger partial charge in [0.2, 0.25) is 5.75 Å². The summed E-state index contributed by atoms with van der Waals surface area (Å²) in [6, 6.07) is 14.3. The van der Waals surface area contributed by atoms with E-state index in [4.69, 9.17) is 9.53 Å². The van der Waals surface area contributed by atoms with Gasteiger partial charge in [0.1, 0.15) is 0 Å². The molecule has 0 bridgehead atoms. The zero-order valence-corrected chi connectivity index (χ0v) is 16.4. The van der Waals surface area contributed by atoms with Crippen molar-refractivity contribution in [3.8, 4) is 5.75 Å². The van der Waals surface area contributed by atoms with Gasteiger partial charge < -0.3 is 4.79 Å². The number of aryl methyl sites for hydroxylation is 2. The molecule has 0 saturated heterocycles. The Kier molecular flexibility index (Phi) is 6.66. The van der Waals surface area contributed by atoms with Crippen molar-refractivity contribution in [2.75, 3.05) is 0 Å². The van der Waals surface area contributed by atoms with Gasteiger partial charge in [-0.05, 0) is 36.6 Å². The number of ether oxygens (including phenoxy) is 1. The molecule has 0 aliphatic carbocycles. The number of esters is 1. The molecule has 27 heavy (non-hydrogen) atoms. The first-order valence-electron chi connectivity index (χ1n) is 7.56. The van der Waals surface area contributed by atoms with Crippen LogP contribution in [0.5, 0.6) is 5.75 Å². The molecule has 0 aliphatic heterocycles. The summed E-state index contributed by atoms with van der Waals surface area (Å²) in [6.45, 7) is 5.72. The van der Waals surface area contributed by atoms with Crippen molar-refractivity contribution in [1.29, 1.82) is 0 Å². The van der Waals surface area contributed by atoms with Crippen LogP contribution in [0.15, 0.2) is 47.4 Å². The van der Waals surface area contributed by atoms with Gasteiger partial charge in [0.25, 0.3) is 0 Å². The van der Waals surface area contributed by atoms with E-state index >= 15 is 0 Å². The molecule has 2 rings (SSSR count). The summed E-state index contributed by atoms with van der Waals surface area (Å²) in [6.07, 6.45) is 0. The Hall–Kier alpha value is -1.73. The van der Waals surface area contributed by atoms with Gasteiger partial charge >= 0.3 is 39.0 Å². The number of carbonyl (C=O) groups excluding carboxylic acids is 1. The Labute approximate surface area is 157 Å². The maximum atomic E-state index is 9.87. The maximum absolute atomic E-state index is 10.7. The van der Waals surface area contributed by atoms with E-state index in [2.05, 4.69) is 38.1 Å². The van der Waals surface area contributed by atoms with E-state index < -0.39 is 7.81 Å². The topological polar surface area (TPSA) is 30.6 Å². The number of benzene rings is 2. The summed E-state index contributed by atoms with van der Waals surface area (Å²) in [5.74, 6) is 1.59. The van der Waals surface area contributed by atoms with Crippen molar-refractivity contribution in [1.82, 2.24) is 0 Å². The molecule has 0 amide bonds. The van der Waals surface area contributed by atoms with Crippen molar-refractivity contribution in [3.63, 3.8) is 0 Å². The second-order valence-electron chi connectivity index (χ2n) is 5.72. The summed E-state index contributed by atoms with van der Waals surface area (Å²) < 4.78 is 64.4. The van der Waals surface area contributed by atoms with Crippen LogP contribution < -0.4 is 4.74 Å². The summed E-state index contributed by atoms with van der Waals surface area (Å²) in [5.41, 5.74) is 3.84. The van der Waals surface area contributed by atoms with Gasteiger partial charge in [0.15, 0.2) is 0 Å². The van der Waals surface area contributed by atoms with E-state index in [1.807, 2.05) is 30.0 Å². The van der Waals surface area contributed by atoms with Gasteiger partial charge in [0.05, 0.1) is 6.92 Å². The van der Waals surface area contributed by atoms with Crippen molar-refractivity contribution in [2.45, 2.75) is 31.4 Å². The zero-order chi connectivity index (χ0) is 20.9. The third-order valence-corrected chi connectivity index (χ3v) is 4.28. The van der Waals surface area contributed by atoms with Gasteiger partial charge in [0, 0.05) is 22.8 Å². The first kappa shape index (κ1) is 23.3. The number of thioether (sulfide) groups is 1. The van der Waals surface area contributed by atoms with E-state index in [0.717, 1.165) is 11.3 Å². The van der Waals surface area contributed by atoms with Crippen molar-refractivity contribution >= 4 is 25.5 Å². The predicted molar refractivity (Wildman–Crippen MR) is 98.7 cm³/mol. The standard InChI is InChI=1S/C17H18O2S.F6P/c1-12-6-4-5-7-15(12)11-20-17-9-8-16(10-13(17)2)19-14(3)18;1-7(2,3,4,5)6/h4-10H,11H2,1-3H3;/q;-1/p+1. The monoisotopic (exact) mass is 432 g/mol. The Morgan fingerprint density at radius 1 is 0.963 bits per heavy atom. The van der Waals surface area contributed by atoms with E-state index in [1.165, 1.54) is 22.9 Å². The van der Waals surface area contributed by atoms with Crippen LogP contribution in [0.25, 0.3) is 0 Å². The zero-order valence-electron chi connectivity index (χ0n) is 14.7. The molecule has 2 nitrogen and oxygen atoms in total. The second kappa shape index (κ2) is 7.72. The fourth-order valence-corrected chi connectivity index (χ4v) is 3.03. The molecule has 0 radical (unpaired) electrons. The van der Waals surface area contributed by atoms with Gasteiger partial charge in [-0.25, -0.2) is 0 Å². The average molecular weight is 432 g/mol. The van der Waals surface area contributed by atoms with Crippen molar-refractivity contribution in [2.24, 2.45) is 0 Å². The van der Waals surface area contributed by atoms with Crippen LogP contribution >= 0.6 is 19.6 Å². The van der Waals surface area contributed by atoms with Crippen LogP contribution in [-0.4, -0.2) is 10.8 Å². The Morgan fingerprint density at radius 3 is 2.00 bits per heavy atom. The van der Waals surface area contributed by atoms with Gasteiger partial charge in [-0.2, -0.15) is 0 Å². The second-order valence-corrected chi connectivity index (χ2v) is 8.66. The molecular formula is C17H19F6O2PS.